The number of amides is 4. The lowest BCUT2D eigenvalue weighted by Gasteiger charge is -2.31. The summed E-state index contributed by atoms with van der Waals surface area (Å²) in [6, 6.07) is 14.0. The predicted molar refractivity (Wildman–Crippen MR) is 222 cm³/mol. The van der Waals surface area contributed by atoms with Crippen molar-refractivity contribution in [1.82, 2.24) is 40.8 Å². The predicted octanol–water partition coefficient (Wildman–Crippen LogP) is 6.37. The highest BCUT2D eigenvalue weighted by molar-refractivity contribution is 6.55. The van der Waals surface area contributed by atoms with Gasteiger partial charge in [-0.2, -0.15) is 0 Å². The molecule has 17 heteroatoms. The molecular formula is C42H55N8O8Si. The molecule has 315 valence electrons. The van der Waals surface area contributed by atoms with Crippen molar-refractivity contribution in [2.24, 2.45) is 11.8 Å². The first kappa shape index (κ1) is 42.9. The highest BCUT2D eigenvalue weighted by Gasteiger charge is 2.38. The first-order chi connectivity index (χ1) is 28.4. The second-order valence-corrected chi connectivity index (χ2v) is 18.4. The van der Waals surface area contributed by atoms with Crippen molar-refractivity contribution in [2.75, 3.05) is 34.0 Å². The van der Waals surface area contributed by atoms with Crippen LogP contribution in [-0.4, -0.2) is 104 Å². The maximum Gasteiger partial charge on any atom is 0.407 e. The number of H-pyrrole nitrogens is 2. The lowest BCUT2D eigenvalue weighted by Crippen LogP contribution is -2.52. The molecule has 4 aromatic rings. The van der Waals surface area contributed by atoms with Crippen LogP contribution in [0.4, 0.5) is 9.59 Å². The van der Waals surface area contributed by atoms with E-state index in [1.807, 2.05) is 62.4 Å². The third kappa shape index (κ3) is 10.9. The number of nitrogens with one attached hydrogen (secondary N) is 5. The summed E-state index contributed by atoms with van der Waals surface area (Å²) in [5, 5.41) is 8.60. The van der Waals surface area contributed by atoms with Gasteiger partial charge in [-0.15, -0.1) is 0 Å². The van der Waals surface area contributed by atoms with Crippen molar-refractivity contribution in [1.29, 1.82) is 0 Å². The number of aromatic amines is 2. The van der Waals surface area contributed by atoms with Gasteiger partial charge in [-0.05, 0) is 85.5 Å². The summed E-state index contributed by atoms with van der Waals surface area (Å²) in [5.74, 6) is 1.98. The van der Waals surface area contributed by atoms with Crippen molar-refractivity contribution in [2.45, 2.75) is 82.8 Å². The Balaban J connectivity index is 1.11. The number of methoxy groups -OCH3 is 2. The van der Waals surface area contributed by atoms with Gasteiger partial charge in [0.05, 0.1) is 50.1 Å². The van der Waals surface area contributed by atoms with Gasteiger partial charge in [-0.25, -0.2) is 19.6 Å². The molecule has 59 heavy (non-hydrogen) atoms. The minimum Gasteiger partial charge on any atom is -0.457 e. The van der Waals surface area contributed by atoms with E-state index < -0.39 is 33.1 Å². The molecule has 0 spiro atoms. The first-order valence-electron chi connectivity index (χ1n) is 20.1. The number of nitrogens with zero attached hydrogens (tertiary/aromatic N) is 3. The van der Waals surface area contributed by atoms with Crippen LogP contribution in [0.25, 0.3) is 22.5 Å². The maximum atomic E-state index is 13.7. The molecular weight excluding hydrogens is 773 g/mol. The van der Waals surface area contributed by atoms with Crippen LogP contribution in [0.2, 0.25) is 19.1 Å². The third-order valence-corrected chi connectivity index (χ3v) is 11.9. The molecule has 2 aliphatic rings. The number of carbonyl (C=O) groups excluding carboxylic acids is 4. The third-order valence-electron chi connectivity index (χ3n) is 10.7. The van der Waals surface area contributed by atoms with Gasteiger partial charge in [0.1, 0.15) is 35.2 Å². The number of benzene rings is 2. The van der Waals surface area contributed by atoms with Gasteiger partial charge in [0.15, 0.2) is 0 Å². The minimum atomic E-state index is -0.789. The van der Waals surface area contributed by atoms with Crippen molar-refractivity contribution >= 4 is 32.8 Å². The lowest BCUT2D eigenvalue weighted by atomic mass is 9.91. The fourth-order valence-corrected chi connectivity index (χ4v) is 8.70. The fraction of sp³-hybridized carbons (Fsp3) is 0.476. The number of hydrogen-bond acceptors (Lipinski definition) is 10. The smallest absolute Gasteiger partial charge is 0.407 e. The van der Waals surface area contributed by atoms with Gasteiger partial charge < -0.3 is 49.8 Å². The summed E-state index contributed by atoms with van der Waals surface area (Å²) in [7, 11) is 1.78. The number of imidazole rings is 2. The van der Waals surface area contributed by atoms with E-state index in [9.17, 15) is 19.2 Å². The van der Waals surface area contributed by atoms with E-state index in [0.29, 0.717) is 55.7 Å². The molecule has 4 heterocycles. The first-order valence-corrected chi connectivity index (χ1v) is 22.8. The Morgan fingerprint density at radius 3 is 2.25 bits per heavy atom. The number of ether oxygens (including phenoxy) is 4. The largest absolute Gasteiger partial charge is 0.457 e. The molecule has 0 bridgehead atoms. The molecule has 2 aromatic carbocycles. The maximum absolute atomic E-state index is 13.7. The van der Waals surface area contributed by atoms with Gasteiger partial charge in [-0.1, -0.05) is 39.1 Å². The van der Waals surface area contributed by atoms with Crippen LogP contribution < -0.4 is 20.7 Å². The van der Waals surface area contributed by atoms with Crippen molar-refractivity contribution in [3.63, 3.8) is 0 Å². The highest BCUT2D eigenvalue weighted by Crippen LogP contribution is 2.34. The van der Waals surface area contributed by atoms with Gasteiger partial charge in [0.2, 0.25) is 11.8 Å². The molecule has 0 unspecified atom stereocenters. The van der Waals surface area contributed by atoms with Crippen LogP contribution in [0.15, 0.2) is 60.9 Å². The standard InChI is InChI=1S/C42H55N8O8Si/c1-25(2)35(48-41(53)55-3)40(52)50-18-8-11-34(50)38-44-23-32(46-38)28-9-7-10-30(21-28)58-29-14-12-26(13-15-29)31-22-43-37(45-31)33(24-59(5)6)47-39(51)36(49-42(54)56-4)27-16-19-57-20-17-27/h7,9-10,12-15,21-23,25,27,33-36H,8,11,16-20,24H2,1-6H3,(H,43,45)(H,44,46)(H,47,51)(H,48,53)(H,49,54)/t33-,34-,35-,36-/m0/s1. The fourth-order valence-electron chi connectivity index (χ4n) is 7.59. The summed E-state index contributed by atoms with van der Waals surface area (Å²) in [4.78, 5) is 69.4. The molecule has 5 N–H and O–H groups in total. The zero-order valence-corrected chi connectivity index (χ0v) is 35.5. The molecule has 1 radical (unpaired) electrons. The Labute approximate surface area is 346 Å². The molecule has 2 aromatic heterocycles. The van der Waals surface area contributed by atoms with Crippen LogP contribution >= 0.6 is 0 Å². The van der Waals surface area contributed by atoms with Crippen LogP contribution in [-0.2, 0) is 23.8 Å². The molecule has 6 rings (SSSR count). The topological polar surface area (TPSA) is 202 Å². The zero-order valence-electron chi connectivity index (χ0n) is 34.5. The Morgan fingerprint density at radius 1 is 0.864 bits per heavy atom. The number of aromatic nitrogens is 4. The molecule has 0 saturated carbocycles. The van der Waals surface area contributed by atoms with Crippen LogP contribution in [0.1, 0.15) is 63.3 Å². The average molecular weight is 828 g/mol. The van der Waals surface area contributed by atoms with Crippen molar-refractivity contribution in [3.05, 3.63) is 72.6 Å². The number of hydrogen-bond donors (Lipinski definition) is 5. The van der Waals surface area contributed by atoms with Crippen molar-refractivity contribution in [3.8, 4) is 34.0 Å². The van der Waals surface area contributed by atoms with Crippen LogP contribution in [0, 0.1) is 11.8 Å². The Bertz CT molecular complexity index is 2050. The Hall–Kier alpha value is -5.68. The minimum absolute atomic E-state index is 0.0697. The van der Waals surface area contributed by atoms with Gasteiger partial charge in [0, 0.05) is 34.1 Å². The van der Waals surface area contributed by atoms with Gasteiger partial charge >= 0.3 is 12.2 Å². The van der Waals surface area contributed by atoms with E-state index in [-0.39, 0.29) is 35.7 Å². The SMILES string of the molecule is COC(=O)N[C@H](C(=O)N1CCC[C@H]1c1ncc(-c2cccc(Oc3ccc(-c4cnc([C@H](C[Si](C)C)NC(=O)[C@@H](NC(=O)OC)C5CCOCC5)[nH]4)cc3)c2)[nH]1)C(C)C. The van der Waals surface area contributed by atoms with Crippen LogP contribution in [0.3, 0.4) is 0 Å². The Kier molecular flexibility index (Phi) is 14.4. The number of likely N-dealkylation sites (tertiary alicyclic amines) is 1. The zero-order chi connectivity index (χ0) is 42.1. The number of alkyl carbamates (subject to hydrolysis) is 2. The van der Waals surface area contributed by atoms with Gasteiger partial charge in [-0.3, -0.25) is 9.59 Å². The van der Waals surface area contributed by atoms with Gasteiger partial charge in [0.25, 0.3) is 0 Å². The molecule has 2 aliphatic heterocycles. The number of carbonyl (C=O) groups is 4. The molecule has 2 fully saturated rings. The molecule has 4 amide bonds. The van der Waals surface area contributed by atoms with E-state index in [0.717, 1.165) is 41.4 Å². The second kappa shape index (κ2) is 19.8. The van der Waals surface area contributed by atoms with E-state index in [1.54, 1.807) is 17.3 Å². The lowest BCUT2D eigenvalue weighted by molar-refractivity contribution is -0.135. The molecule has 0 aliphatic carbocycles. The Morgan fingerprint density at radius 2 is 1.56 bits per heavy atom. The normalized spacial score (nSPS) is 17.3. The van der Waals surface area contributed by atoms with E-state index in [1.165, 1.54) is 14.2 Å². The van der Waals surface area contributed by atoms with E-state index in [4.69, 9.17) is 18.9 Å². The quantitative estimate of drug-likeness (QED) is 0.0839. The summed E-state index contributed by atoms with van der Waals surface area (Å²) < 4.78 is 21.3. The summed E-state index contributed by atoms with van der Waals surface area (Å²) in [5.41, 5.74) is 3.35. The summed E-state index contributed by atoms with van der Waals surface area (Å²) >= 11 is 0. The average Bonchev–Trinajstić information content (AvgIpc) is 4.04. The van der Waals surface area contributed by atoms with E-state index in [2.05, 4.69) is 49.0 Å². The monoisotopic (exact) mass is 827 g/mol. The van der Waals surface area contributed by atoms with E-state index >= 15 is 0 Å². The summed E-state index contributed by atoms with van der Waals surface area (Å²) in [6.07, 6.45) is 5.14. The number of rotatable bonds is 15. The van der Waals surface area contributed by atoms with Crippen molar-refractivity contribution < 1.29 is 38.1 Å². The second-order valence-electron chi connectivity index (χ2n) is 15.6. The highest BCUT2D eigenvalue weighted by atomic mass is 28.3. The molecule has 16 nitrogen and oxygen atoms in total. The molecule has 2 saturated heterocycles. The van der Waals surface area contributed by atoms with Crippen LogP contribution in [0.5, 0.6) is 11.5 Å². The summed E-state index contributed by atoms with van der Waals surface area (Å²) in [6.45, 7) is 9.79. The molecule has 4 atom stereocenters.